The topological polar surface area (TPSA) is 55.6 Å². The van der Waals surface area contributed by atoms with Gasteiger partial charge >= 0.3 is 6.61 Å². The summed E-state index contributed by atoms with van der Waals surface area (Å²) in [7, 11) is 0. The smallest absolute Gasteiger partial charge is 0.339 e. The molecule has 0 aromatic rings. The highest BCUT2D eigenvalue weighted by atomic mass is 19.3. The monoisotopic (exact) mass is 208 g/mol. The number of carbonyl (C=O) groups excluding carboxylic acids is 1. The fourth-order valence-electron chi connectivity index (χ4n) is 1.55. The van der Waals surface area contributed by atoms with Crippen LogP contribution in [0.3, 0.4) is 0 Å². The summed E-state index contributed by atoms with van der Waals surface area (Å²) in [6, 6.07) is 0. The van der Waals surface area contributed by atoms with Gasteiger partial charge in [-0.1, -0.05) is 0 Å². The summed E-state index contributed by atoms with van der Waals surface area (Å²) in [5.41, 5.74) is 5.17. The highest BCUT2D eigenvalue weighted by Crippen LogP contribution is 2.15. The minimum atomic E-state index is -2.77. The standard InChI is InChI=1S/C8H14F2N2O2/c9-8(10)14-6-2-1-3-12(5-6)7(13)4-11/h6,8H,1-5,11H2. The van der Waals surface area contributed by atoms with Crippen LogP contribution in [0, 0.1) is 0 Å². The summed E-state index contributed by atoms with van der Waals surface area (Å²) in [6.45, 7) is -2.05. The highest BCUT2D eigenvalue weighted by molar-refractivity contribution is 5.78. The number of amides is 1. The molecule has 1 heterocycles. The van der Waals surface area contributed by atoms with Crippen LogP contribution >= 0.6 is 0 Å². The third-order valence-corrected chi connectivity index (χ3v) is 2.20. The van der Waals surface area contributed by atoms with Crippen molar-refractivity contribution >= 4 is 5.91 Å². The number of carbonyl (C=O) groups is 1. The molecule has 1 atom stereocenters. The van der Waals surface area contributed by atoms with E-state index in [1.165, 1.54) is 4.90 Å². The van der Waals surface area contributed by atoms with Crippen LogP contribution in [0.5, 0.6) is 0 Å². The van der Waals surface area contributed by atoms with Gasteiger partial charge in [-0.3, -0.25) is 4.79 Å². The van der Waals surface area contributed by atoms with Crippen molar-refractivity contribution in [1.82, 2.24) is 4.90 Å². The Bertz CT molecular complexity index is 202. The minimum absolute atomic E-state index is 0.0819. The van der Waals surface area contributed by atoms with E-state index < -0.39 is 12.7 Å². The lowest BCUT2D eigenvalue weighted by Gasteiger charge is -2.32. The van der Waals surface area contributed by atoms with Gasteiger partial charge in [0.15, 0.2) is 0 Å². The number of alkyl halides is 2. The second kappa shape index (κ2) is 5.21. The average molecular weight is 208 g/mol. The van der Waals surface area contributed by atoms with Crippen LogP contribution < -0.4 is 5.73 Å². The predicted molar refractivity (Wildman–Crippen MR) is 45.7 cm³/mol. The Morgan fingerprint density at radius 2 is 2.36 bits per heavy atom. The van der Waals surface area contributed by atoms with Crippen LogP contribution in [-0.4, -0.2) is 43.2 Å². The van der Waals surface area contributed by atoms with Gasteiger partial charge in [-0.25, -0.2) is 0 Å². The highest BCUT2D eigenvalue weighted by Gasteiger charge is 2.25. The summed E-state index contributed by atoms with van der Waals surface area (Å²) in [4.78, 5) is 12.6. The second-order valence-electron chi connectivity index (χ2n) is 3.20. The number of halogens is 2. The van der Waals surface area contributed by atoms with Crippen molar-refractivity contribution in [2.24, 2.45) is 5.73 Å². The maximum Gasteiger partial charge on any atom is 0.345 e. The molecule has 1 unspecified atom stereocenters. The van der Waals surface area contributed by atoms with Crippen molar-refractivity contribution in [2.45, 2.75) is 25.6 Å². The van der Waals surface area contributed by atoms with Gasteiger partial charge in [-0.05, 0) is 12.8 Å². The van der Waals surface area contributed by atoms with Crippen molar-refractivity contribution in [3.05, 3.63) is 0 Å². The molecule has 0 aromatic heterocycles. The first-order valence-electron chi connectivity index (χ1n) is 4.55. The number of rotatable bonds is 3. The average Bonchev–Trinajstić information content (AvgIpc) is 2.16. The molecule has 1 rings (SSSR count). The molecular weight excluding hydrogens is 194 g/mol. The van der Waals surface area contributed by atoms with Crippen molar-refractivity contribution in [2.75, 3.05) is 19.6 Å². The lowest BCUT2D eigenvalue weighted by atomic mass is 10.1. The summed E-state index contributed by atoms with van der Waals surface area (Å²) in [5, 5.41) is 0. The zero-order valence-corrected chi connectivity index (χ0v) is 7.79. The van der Waals surface area contributed by atoms with Crippen LogP contribution in [-0.2, 0) is 9.53 Å². The van der Waals surface area contributed by atoms with Gasteiger partial charge in [0.1, 0.15) is 0 Å². The molecule has 0 aromatic carbocycles. The molecule has 0 bridgehead atoms. The molecule has 0 radical (unpaired) electrons. The molecule has 1 aliphatic heterocycles. The Labute approximate surface area is 81.0 Å². The van der Waals surface area contributed by atoms with Crippen LogP contribution in [0.15, 0.2) is 0 Å². The summed E-state index contributed by atoms with van der Waals surface area (Å²) < 4.78 is 28.1. The molecular formula is C8H14F2N2O2. The Hall–Kier alpha value is -0.750. The van der Waals surface area contributed by atoms with Gasteiger partial charge in [0.2, 0.25) is 5.91 Å². The lowest BCUT2D eigenvalue weighted by Crippen LogP contribution is -2.46. The van der Waals surface area contributed by atoms with Crippen molar-refractivity contribution in [1.29, 1.82) is 0 Å². The number of ether oxygens (including phenoxy) is 1. The predicted octanol–water partition coefficient (Wildman–Crippen LogP) is 0.175. The Morgan fingerprint density at radius 1 is 1.64 bits per heavy atom. The van der Waals surface area contributed by atoms with Gasteiger partial charge in [-0.15, -0.1) is 0 Å². The SMILES string of the molecule is NCC(=O)N1CCCC(OC(F)F)C1. The third-order valence-electron chi connectivity index (χ3n) is 2.20. The molecule has 4 nitrogen and oxygen atoms in total. The molecule has 1 saturated heterocycles. The van der Waals surface area contributed by atoms with Gasteiger partial charge in [0, 0.05) is 13.1 Å². The number of likely N-dealkylation sites (tertiary alicyclic amines) is 1. The van der Waals surface area contributed by atoms with Crippen LogP contribution in [0.4, 0.5) is 8.78 Å². The van der Waals surface area contributed by atoms with E-state index in [0.29, 0.717) is 19.4 Å². The van der Waals surface area contributed by atoms with Gasteiger partial charge in [0.25, 0.3) is 0 Å². The van der Waals surface area contributed by atoms with E-state index in [0.717, 1.165) is 0 Å². The van der Waals surface area contributed by atoms with Gasteiger partial charge < -0.3 is 15.4 Å². The Balaban J connectivity index is 2.39. The summed E-state index contributed by atoms with van der Waals surface area (Å²) in [5.74, 6) is -0.215. The van der Waals surface area contributed by atoms with E-state index in [-0.39, 0.29) is 19.0 Å². The molecule has 2 N–H and O–H groups in total. The molecule has 1 aliphatic rings. The largest absolute Gasteiger partial charge is 0.345 e. The molecule has 0 spiro atoms. The number of hydrogen-bond acceptors (Lipinski definition) is 3. The number of hydrogen-bond donors (Lipinski definition) is 1. The Kier molecular flexibility index (Phi) is 4.21. The third kappa shape index (κ3) is 3.19. The van der Waals surface area contributed by atoms with Crippen molar-refractivity contribution in [3.8, 4) is 0 Å². The van der Waals surface area contributed by atoms with E-state index in [4.69, 9.17) is 5.73 Å². The number of nitrogens with zero attached hydrogens (tertiary/aromatic N) is 1. The first-order chi connectivity index (χ1) is 6.63. The van der Waals surface area contributed by atoms with E-state index >= 15 is 0 Å². The second-order valence-corrected chi connectivity index (χ2v) is 3.20. The molecule has 6 heteroatoms. The Morgan fingerprint density at radius 3 is 2.93 bits per heavy atom. The quantitative estimate of drug-likeness (QED) is 0.719. The molecule has 14 heavy (non-hydrogen) atoms. The molecule has 1 fully saturated rings. The van der Waals surface area contributed by atoms with Crippen LogP contribution in [0.25, 0.3) is 0 Å². The molecule has 82 valence electrons. The van der Waals surface area contributed by atoms with Crippen LogP contribution in [0.2, 0.25) is 0 Å². The van der Waals surface area contributed by atoms with E-state index in [2.05, 4.69) is 4.74 Å². The van der Waals surface area contributed by atoms with E-state index in [9.17, 15) is 13.6 Å². The van der Waals surface area contributed by atoms with Crippen LogP contribution in [0.1, 0.15) is 12.8 Å². The van der Waals surface area contributed by atoms with Crippen molar-refractivity contribution < 1.29 is 18.3 Å². The number of piperidine rings is 1. The summed E-state index contributed by atoms with van der Waals surface area (Å²) in [6.07, 6.45) is 0.696. The first kappa shape index (κ1) is 11.3. The lowest BCUT2D eigenvalue weighted by molar-refractivity contribution is -0.177. The molecule has 0 aliphatic carbocycles. The normalized spacial score (nSPS) is 22.9. The van der Waals surface area contributed by atoms with Crippen molar-refractivity contribution in [3.63, 3.8) is 0 Å². The zero-order valence-electron chi connectivity index (χ0n) is 7.79. The maximum absolute atomic E-state index is 11.9. The first-order valence-corrected chi connectivity index (χ1v) is 4.55. The van der Waals surface area contributed by atoms with E-state index in [1.54, 1.807) is 0 Å². The van der Waals surface area contributed by atoms with Gasteiger partial charge in [-0.2, -0.15) is 8.78 Å². The number of nitrogens with two attached hydrogens (primary N) is 1. The van der Waals surface area contributed by atoms with E-state index in [1.807, 2.05) is 0 Å². The molecule has 0 saturated carbocycles. The summed E-state index contributed by atoms with van der Waals surface area (Å²) >= 11 is 0. The minimum Gasteiger partial charge on any atom is -0.339 e. The maximum atomic E-state index is 11.9. The zero-order chi connectivity index (χ0) is 10.6. The fourth-order valence-corrected chi connectivity index (χ4v) is 1.55. The van der Waals surface area contributed by atoms with Gasteiger partial charge in [0.05, 0.1) is 12.6 Å². The molecule has 1 amide bonds. The fraction of sp³-hybridized carbons (Fsp3) is 0.875.